The molecule has 0 fully saturated rings. The van der Waals surface area contributed by atoms with Gasteiger partial charge in [0.2, 0.25) is 0 Å². The van der Waals surface area contributed by atoms with Crippen LogP contribution in [0.15, 0.2) is 28.9 Å². The maximum absolute atomic E-state index is 5.66. The Morgan fingerprint density at radius 1 is 1.50 bits per heavy atom. The highest BCUT2D eigenvalue weighted by atomic mass is 35.5. The van der Waals surface area contributed by atoms with Crippen molar-refractivity contribution in [3.05, 3.63) is 41.1 Å². The number of aromatic nitrogens is 2. The van der Waals surface area contributed by atoms with E-state index in [9.17, 15) is 0 Å². The lowest BCUT2D eigenvalue weighted by molar-refractivity contribution is 0.471. The lowest BCUT2D eigenvalue weighted by Gasteiger charge is -2.02. The monoisotopic (exact) mass is 239 g/mol. The number of hydrogen-bond donors (Lipinski definition) is 1. The van der Waals surface area contributed by atoms with Gasteiger partial charge in [-0.25, -0.2) is 0 Å². The first-order chi connectivity index (χ1) is 7.74. The largest absolute Gasteiger partial charge is 0.448 e. The highest BCUT2D eigenvalue weighted by Gasteiger charge is 1.99. The molecule has 0 spiro atoms. The van der Waals surface area contributed by atoms with E-state index in [2.05, 4.69) is 10.4 Å². The zero-order valence-corrected chi connectivity index (χ0v) is 9.87. The maximum atomic E-state index is 5.66. The minimum atomic E-state index is 0.430. The third-order valence-corrected chi connectivity index (χ3v) is 2.41. The first kappa shape index (κ1) is 11.2. The second-order valence-electron chi connectivity index (χ2n) is 3.66. The molecule has 2 heterocycles. The van der Waals surface area contributed by atoms with E-state index >= 15 is 0 Å². The van der Waals surface area contributed by atoms with Crippen molar-refractivity contribution in [3.63, 3.8) is 0 Å². The van der Waals surface area contributed by atoms with Gasteiger partial charge in [-0.05, 0) is 36.2 Å². The minimum Gasteiger partial charge on any atom is -0.448 e. The van der Waals surface area contributed by atoms with E-state index in [4.69, 9.17) is 16.0 Å². The number of halogens is 1. The number of nitrogens with zero attached hydrogens (tertiary/aromatic N) is 2. The third-order valence-electron chi connectivity index (χ3n) is 2.21. The predicted octanol–water partition coefficient (Wildman–Crippen LogP) is 2.23. The quantitative estimate of drug-likeness (QED) is 0.814. The van der Waals surface area contributed by atoms with Gasteiger partial charge in [0.15, 0.2) is 5.22 Å². The molecule has 16 heavy (non-hydrogen) atoms. The van der Waals surface area contributed by atoms with Crippen LogP contribution in [0.25, 0.3) is 0 Å². The Bertz CT molecular complexity index is 407. The van der Waals surface area contributed by atoms with Crippen LogP contribution in [0.2, 0.25) is 5.22 Å². The summed E-state index contributed by atoms with van der Waals surface area (Å²) < 4.78 is 7.13. The molecule has 0 radical (unpaired) electrons. The van der Waals surface area contributed by atoms with Crippen LogP contribution in [0.3, 0.4) is 0 Å². The van der Waals surface area contributed by atoms with E-state index in [1.807, 2.05) is 30.1 Å². The Kier molecular flexibility index (Phi) is 3.64. The number of aryl methyl sites for hydroxylation is 1. The van der Waals surface area contributed by atoms with Crippen LogP contribution in [0, 0.1) is 6.92 Å². The van der Waals surface area contributed by atoms with E-state index in [0.717, 1.165) is 18.8 Å². The molecule has 2 aromatic heterocycles. The van der Waals surface area contributed by atoms with Gasteiger partial charge in [-0.1, -0.05) is 0 Å². The molecule has 0 saturated heterocycles. The van der Waals surface area contributed by atoms with Gasteiger partial charge in [0.1, 0.15) is 5.76 Å². The first-order valence-corrected chi connectivity index (χ1v) is 5.56. The second kappa shape index (κ2) is 5.18. The van der Waals surface area contributed by atoms with Crippen LogP contribution < -0.4 is 5.32 Å². The summed E-state index contributed by atoms with van der Waals surface area (Å²) in [5, 5.41) is 7.89. The molecule has 2 rings (SSSR count). The number of rotatable bonds is 5. The molecular formula is C11H14ClN3O. The topological polar surface area (TPSA) is 43.0 Å². The summed E-state index contributed by atoms with van der Waals surface area (Å²) in [6.07, 6.45) is 3.87. The van der Waals surface area contributed by atoms with Crippen LogP contribution >= 0.6 is 11.6 Å². The van der Waals surface area contributed by atoms with E-state index in [1.165, 1.54) is 5.56 Å². The van der Waals surface area contributed by atoms with Crippen LogP contribution in [0.4, 0.5) is 0 Å². The molecule has 0 aliphatic heterocycles. The van der Waals surface area contributed by atoms with Crippen LogP contribution in [-0.4, -0.2) is 16.3 Å². The van der Waals surface area contributed by atoms with Crippen LogP contribution in [-0.2, 0) is 13.1 Å². The van der Waals surface area contributed by atoms with Crippen molar-refractivity contribution in [1.29, 1.82) is 0 Å². The first-order valence-electron chi connectivity index (χ1n) is 5.18. The van der Waals surface area contributed by atoms with Crippen molar-refractivity contribution in [3.8, 4) is 0 Å². The molecular weight excluding hydrogens is 226 g/mol. The molecule has 1 N–H and O–H groups in total. The van der Waals surface area contributed by atoms with Gasteiger partial charge in [-0.3, -0.25) is 4.68 Å². The summed E-state index contributed by atoms with van der Waals surface area (Å²) in [7, 11) is 0. The van der Waals surface area contributed by atoms with Crippen molar-refractivity contribution >= 4 is 11.6 Å². The second-order valence-corrected chi connectivity index (χ2v) is 4.04. The molecule has 86 valence electrons. The molecule has 0 atom stereocenters. The van der Waals surface area contributed by atoms with Crippen molar-refractivity contribution in [1.82, 2.24) is 15.1 Å². The summed E-state index contributed by atoms with van der Waals surface area (Å²) in [5.74, 6) is 0.849. The predicted molar refractivity (Wildman–Crippen MR) is 62.4 cm³/mol. The average molecular weight is 240 g/mol. The van der Waals surface area contributed by atoms with Gasteiger partial charge in [0.05, 0.1) is 19.3 Å². The van der Waals surface area contributed by atoms with Crippen molar-refractivity contribution in [2.45, 2.75) is 20.0 Å². The van der Waals surface area contributed by atoms with Crippen LogP contribution in [0.1, 0.15) is 11.3 Å². The molecule has 0 bridgehead atoms. The van der Waals surface area contributed by atoms with Crippen molar-refractivity contribution < 1.29 is 4.42 Å². The minimum absolute atomic E-state index is 0.430. The highest BCUT2D eigenvalue weighted by molar-refractivity contribution is 6.28. The fourth-order valence-electron chi connectivity index (χ4n) is 1.44. The SMILES string of the molecule is Cc1cnn(CCNCc2ccc(Cl)o2)c1. The van der Waals surface area contributed by atoms with Gasteiger partial charge >= 0.3 is 0 Å². The Hall–Kier alpha value is -1.26. The standard InChI is InChI=1S/C11H14ClN3O/c1-9-6-14-15(8-9)5-4-13-7-10-2-3-11(12)16-10/h2-3,6,8,13H,4-5,7H2,1H3. The fraction of sp³-hybridized carbons (Fsp3) is 0.364. The molecule has 0 aliphatic rings. The smallest absolute Gasteiger partial charge is 0.193 e. The van der Waals surface area contributed by atoms with Gasteiger partial charge in [-0.2, -0.15) is 5.10 Å². The normalized spacial score (nSPS) is 10.9. The van der Waals surface area contributed by atoms with Crippen LogP contribution in [0.5, 0.6) is 0 Å². The summed E-state index contributed by atoms with van der Waals surface area (Å²) in [4.78, 5) is 0. The molecule has 0 saturated carbocycles. The number of nitrogens with one attached hydrogen (secondary N) is 1. The Morgan fingerprint density at radius 2 is 2.38 bits per heavy atom. The summed E-state index contributed by atoms with van der Waals surface area (Å²) in [6.45, 7) is 4.41. The zero-order chi connectivity index (χ0) is 11.4. The van der Waals surface area contributed by atoms with Crippen molar-refractivity contribution in [2.24, 2.45) is 0 Å². The zero-order valence-electron chi connectivity index (χ0n) is 9.11. The molecule has 4 nitrogen and oxygen atoms in total. The summed E-state index contributed by atoms with van der Waals surface area (Å²) >= 11 is 5.66. The lowest BCUT2D eigenvalue weighted by Crippen LogP contribution is -2.19. The molecule has 0 aromatic carbocycles. The summed E-state index contributed by atoms with van der Waals surface area (Å²) in [6, 6.07) is 3.61. The molecule has 0 aliphatic carbocycles. The Balaban J connectivity index is 1.69. The Labute approximate surface area is 99.2 Å². The van der Waals surface area contributed by atoms with E-state index in [-0.39, 0.29) is 0 Å². The fourth-order valence-corrected chi connectivity index (χ4v) is 1.60. The van der Waals surface area contributed by atoms with E-state index in [0.29, 0.717) is 11.8 Å². The van der Waals surface area contributed by atoms with E-state index < -0.39 is 0 Å². The lowest BCUT2D eigenvalue weighted by atomic mass is 10.4. The Morgan fingerprint density at radius 3 is 3.00 bits per heavy atom. The maximum Gasteiger partial charge on any atom is 0.193 e. The van der Waals surface area contributed by atoms with Gasteiger partial charge in [0, 0.05) is 12.7 Å². The summed E-state index contributed by atoms with van der Waals surface area (Å²) in [5.41, 5.74) is 1.18. The van der Waals surface area contributed by atoms with Gasteiger partial charge in [-0.15, -0.1) is 0 Å². The molecule has 2 aromatic rings. The van der Waals surface area contributed by atoms with E-state index in [1.54, 1.807) is 6.07 Å². The molecule has 0 unspecified atom stereocenters. The molecule has 0 amide bonds. The highest BCUT2D eigenvalue weighted by Crippen LogP contribution is 2.12. The molecule has 5 heteroatoms. The van der Waals surface area contributed by atoms with Gasteiger partial charge in [0.25, 0.3) is 0 Å². The van der Waals surface area contributed by atoms with Gasteiger partial charge < -0.3 is 9.73 Å². The average Bonchev–Trinajstić information content (AvgIpc) is 2.83. The number of hydrogen-bond acceptors (Lipinski definition) is 3. The third kappa shape index (κ3) is 3.12. The van der Waals surface area contributed by atoms with Crippen molar-refractivity contribution in [2.75, 3.05) is 6.54 Å². The number of furan rings is 1.